The molecule has 0 amide bonds. The number of esters is 1. The van der Waals surface area contributed by atoms with Crippen LogP contribution in [-0.2, 0) is 9.53 Å². The molecule has 0 spiro atoms. The number of nitrogens with zero attached hydrogens (tertiary/aromatic N) is 1. The van der Waals surface area contributed by atoms with Crippen LogP contribution in [0.4, 0.5) is 5.69 Å². The smallest absolute Gasteiger partial charge is 0.330 e. The van der Waals surface area contributed by atoms with Gasteiger partial charge in [0, 0.05) is 6.08 Å². The van der Waals surface area contributed by atoms with Crippen LogP contribution in [0.5, 0.6) is 0 Å². The molecule has 0 unspecified atom stereocenters. The third-order valence-electron chi connectivity index (χ3n) is 1.70. The van der Waals surface area contributed by atoms with Gasteiger partial charge in [-0.05, 0) is 24.6 Å². The number of rotatable bonds is 3. The third kappa shape index (κ3) is 3.65. The van der Waals surface area contributed by atoms with Gasteiger partial charge in [-0.3, -0.25) is 0 Å². The van der Waals surface area contributed by atoms with E-state index >= 15 is 0 Å². The summed E-state index contributed by atoms with van der Waals surface area (Å²) in [7, 11) is 0. The van der Waals surface area contributed by atoms with Crippen LogP contribution in [0.2, 0.25) is 0 Å². The molecule has 0 N–H and O–H groups in total. The number of hydrogen-bond donors (Lipinski definition) is 0. The zero-order chi connectivity index (χ0) is 11.1. The molecule has 0 atom stereocenters. The van der Waals surface area contributed by atoms with Crippen molar-refractivity contribution in [3.63, 3.8) is 0 Å². The fraction of sp³-hybridized carbons (Fsp3) is 0.167. The van der Waals surface area contributed by atoms with Crippen LogP contribution in [-0.4, -0.2) is 12.6 Å². The van der Waals surface area contributed by atoms with Gasteiger partial charge in [0.1, 0.15) is 0 Å². The Morgan fingerprint density at radius 2 is 2.40 bits per heavy atom. The van der Waals surface area contributed by atoms with Gasteiger partial charge in [0.2, 0.25) is 0 Å². The van der Waals surface area contributed by atoms with Crippen molar-refractivity contribution in [1.29, 1.82) is 0 Å². The first-order chi connectivity index (χ1) is 7.26. The Kier molecular flexibility index (Phi) is 4.11. The molecule has 76 valence electrons. The molecule has 0 aromatic heterocycles. The molecule has 1 rings (SSSR count). The van der Waals surface area contributed by atoms with E-state index in [1.807, 2.05) is 6.07 Å². The number of carbonyl (C=O) groups is 1. The molecule has 3 nitrogen and oxygen atoms in total. The summed E-state index contributed by atoms with van der Waals surface area (Å²) in [4.78, 5) is 14.3. The van der Waals surface area contributed by atoms with Crippen LogP contribution < -0.4 is 0 Å². The summed E-state index contributed by atoms with van der Waals surface area (Å²) in [5.41, 5.74) is 1.37. The van der Waals surface area contributed by atoms with Gasteiger partial charge < -0.3 is 4.74 Å². The van der Waals surface area contributed by atoms with E-state index in [2.05, 4.69) is 4.85 Å². The molecule has 0 fully saturated rings. The molecule has 0 saturated heterocycles. The highest BCUT2D eigenvalue weighted by Gasteiger charge is 1.94. The van der Waals surface area contributed by atoms with E-state index in [0.717, 1.165) is 5.56 Å². The van der Waals surface area contributed by atoms with Crippen molar-refractivity contribution in [3.8, 4) is 0 Å². The quantitative estimate of drug-likeness (QED) is 0.427. The molecule has 0 aliphatic heterocycles. The second-order valence-electron chi connectivity index (χ2n) is 2.79. The number of benzene rings is 1. The second-order valence-corrected chi connectivity index (χ2v) is 2.79. The molecule has 0 aliphatic carbocycles. The Balaban J connectivity index is 2.72. The van der Waals surface area contributed by atoms with E-state index in [0.29, 0.717) is 12.3 Å². The maximum absolute atomic E-state index is 11.0. The van der Waals surface area contributed by atoms with Gasteiger partial charge in [0.15, 0.2) is 5.69 Å². The van der Waals surface area contributed by atoms with Crippen molar-refractivity contribution in [2.75, 3.05) is 6.61 Å². The SMILES string of the molecule is [C-]#[N+]c1cccc(/C=C/C(=O)OCC)c1. The van der Waals surface area contributed by atoms with E-state index in [-0.39, 0.29) is 5.97 Å². The van der Waals surface area contributed by atoms with E-state index in [4.69, 9.17) is 11.3 Å². The third-order valence-corrected chi connectivity index (χ3v) is 1.70. The standard InChI is InChI=1S/C12H11NO2/c1-3-15-12(14)8-7-10-5-4-6-11(9-10)13-2/h4-9H,3H2,1H3/b8-7+. The highest BCUT2D eigenvalue weighted by molar-refractivity contribution is 5.87. The van der Waals surface area contributed by atoms with Crippen LogP contribution in [0.1, 0.15) is 12.5 Å². The zero-order valence-corrected chi connectivity index (χ0v) is 8.43. The molecular formula is C12H11NO2. The van der Waals surface area contributed by atoms with Crippen molar-refractivity contribution in [2.24, 2.45) is 0 Å². The molecule has 15 heavy (non-hydrogen) atoms. The molecule has 3 heteroatoms. The van der Waals surface area contributed by atoms with Crippen molar-refractivity contribution >= 4 is 17.7 Å². The fourth-order valence-corrected chi connectivity index (χ4v) is 1.05. The highest BCUT2D eigenvalue weighted by atomic mass is 16.5. The van der Waals surface area contributed by atoms with Crippen molar-refractivity contribution in [1.82, 2.24) is 0 Å². The lowest BCUT2D eigenvalue weighted by atomic mass is 10.2. The monoisotopic (exact) mass is 201 g/mol. The van der Waals surface area contributed by atoms with E-state index in [1.54, 1.807) is 31.2 Å². The van der Waals surface area contributed by atoms with Crippen LogP contribution >= 0.6 is 0 Å². The minimum absolute atomic E-state index is 0.366. The first kappa shape index (κ1) is 11.0. The Hall–Kier alpha value is -2.08. The molecule has 0 heterocycles. The number of hydrogen-bond acceptors (Lipinski definition) is 2. The van der Waals surface area contributed by atoms with Gasteiger partial charge in [-0.2, -0.15) is 0 Å². The summed E-state index contributed by atoms with van der Waals surface area (Å²) in [6.07, 6.45) is 2.99. The highest BCUT2D eigenvalue weighted by Crippen LogP contribution is 2.14. The first-order valence-corrected chi connectivity index (χ1v) is 4.58. The molecule has 1 aromatic rings. The number of carbonyl (C=O) groups excluding carboxylic acids is 1. The summed E-state index contributed by atoms with van der Waals surface area (Å²) in [6, 6.07) is 7.03. The fourth-order valence-electron chi connectivity index (χ4n) is 1.05. The summed E-state index contributed by atoms with van der Waals surface area (Å²) in [6.45, 7) is 8.95. The van der Waals surface area contributed by atoms with Crippen LogP contribution in [0.15, 0.2) is 30.3 Å². The topological polar surface area (TPSA) is 30.7 Å². The molecule has 0 radical (unpaired) electrons. The van der Waals surface area contributed by atoms with Crippen LogP contribution in [0.3, 0.4) is 0 Å². The van der Waals surface area contributed by atoms with E-state index < -0.39 is 0 Å². The second kappa shape index (κ2) is 5.61. The lowest BCUT2D eigenvalue weighted by Gasteiger charge is -1.95. The van der Waals surface area contributed by atoms with Gasteiger partial charge >= 0.3 is 5.97 Å². The summed E-state index contributed by atoms with van der Waals surface area (Å²) in [5, 5.41) is 0. The normalized spacial score (nSPS) is 9.87. The van der Waals surface area contributed by atoms with Gasteiger partial charge in [0.25, 0.3) is 0 Å². The van der Waals surface area contributed by atoms with Crippen molar-refractivity contribution < 1.29 is 9.53 Å². The minimum Gasteiger partial charge on any atom is -0.463 e. The maximum atomic E-state index is 11.0. The molecule has 0 aliphatic rings. The maximum Gasteiger partial charge on any atom is 0.330 e. The predicted octanol–water partition coefficient (Wildman–Crippen LogP) is 2.81. The summed E-state index contributed by atoms with van der Waals surface area (Å²) >= 11 is 0. The van der Waals surface area contributed by atoms with Crippen molar-refractivity contribution in [2.45, 2.75) is 6.92 Å². The average Bonchev–Trinajstić information content (AvgIpc) is 2.27. The molecule has 0 bridgehead atoms. The molecular weight excluding hydrogens is 190 g/mol. The van der Waals surface area contributed by atoms with E-state index in [1.165, 1.54) is 6.08 Å². The largest absolute Gasteiger partial charge is 0.463 e. The molecule has 0 saturated carbocycles. The summed E-state index contributed by atoms with van der Waals surface area (Å²) in [5.74, 6) is -0.370. The Labute approximate surface area is 88.8 Å². The number of ether oxygens (including phenoxy) is 1. The van der Waals surface area contributed by atoms with Gasteiger partial charge in [-0.15, -0.1) is 0 Å². The Morgan fingerprint density at radius 3 is 3.07 bits per heavy atom. The van der Waals surface area contributed by atoms with Gasteiger partial charge in [0.05, 0.1) is 13.2 Å². The Morgan fingerprint density at radius 1 is 1.60 bits per heavy atom. The lowest BCUT2D eigenvalue weighted by Crippen LogP contribution is -1.98. The van der Waals surface area contributed by atoms with Crippen molar-refractivity contribution in [3.05, 3.63) is 47.3 Å². The van der Waals surface area contributed by atoms with E-state index in [9.17, 15) is 4.79 Å². The predicted molar refractivity (Wildman–Crippen MR) is 58.4 cm³/mol. The summed E-state index contributed by atoms with van der Waals surface area (Å²) < 4.78 is 4.73. The minimum atomic E-state index is -0.370. The van der Waals surface area contributed by atoms with Gasteiger partial charge in [-0.1, -0.05) is 18.2 Å². The van der Waals surface area contributed by atoms with Crippen LogP contribution in [0, 0.1) is 6.57 Å². The zero-order valence-electron chi connectivity index (χ0n) is 8.43. The lowest BCUT2D eigenvalue weighted by molar-refractivity contribution is -0.137. The van der Waals surface area contributed by atoms with Gasteiger partial charge in [-0.25, -0.2) is 9.64 Å². The Bertz CT molecular complexity index is 416. The average molecular weight is 201 g/mol. The van der Waals surface area contributed by atoms with Crippen LogP contribution in [0.25, 0.3) is 10.9 Å². The molecule has 1 aromatic carbocycles. The first-order valence-electron chi connectivity index (χ1n) is 4.58.